The van der Waals surface area contributed by atoms with Gasteiger partial charge in [-0.05, 0) is 12.1 Å². The summed E-state index contributed by atoms with van der Waals surface area (Å²) in [6.07, 6.45) is 0. The molecule has 84 valence electrons. The third-order valence-corrected chi connectivity index (χ3v) is 1.78. The fourth-order valence-electron chi connectivity index (χ4n) is 1.17. The first kappa shape index (κ1) is 15.9. The SMILES string of the molecule is COOC(=O)c1cccc(OC)c1OC.[KH]. The summed E-state index contributed by atoms with van der Waals surface area (Å²) in [5.74, 6) is 0.151. The van der Waals surface area contributed by atoms with Crippen LogP contribution in [0.2, 0.25) is 0 Å². The van der Waals surface area contributed by atoms with Crippen LogP contribution < -0.4 is 9.47 Å². The van der Waals surface area contributed by atoms with Crippen molar-refractivity contribution in [3.05, 3.63) is 23.8 Å². The van der Waals surface area contributed by atoms with Crippen LogP contribution in [0.5, 0.6) is 11.5 Å². The van der Waals surface area contributed by atoms with Crippen molar-refractivity contribution in [1.29, 1.82) is 0 Å². The van der Waals surface area contributed by atoms with Gasteiger partial charge >= 0.3 is 57.4 Å². The van der Waals surface area contributed by atoms with Crippen molar-refractivity contribution in [2.24, 2.45) is 0 Å². The molecule has 0 saturated carbocycles. The molecule has 0 spiro atoms. The maximum atomic E-state index is 11.4. The van der Waals surface area contributed by atoms with E-state index < -0.39 is 5.97 Å². The first-order valence-corrected chi connectivity index (χ1v) is 4.20. The minimum atomic E-state index is -0.631. The summed E-state index contributed by atoms with van der Waals surface area (Å²) in [6, 6.07) is 4.90. The Hall–Kier alpha value is -0.114. The predicted molar refractivity (Wildman–Crippen MR) is 59.1 cm³/mol. The first-order chi connectivity index (χ1) is 7.24. The monoisotopic (exact) mass is 252 g/mol. The van der Waals surface area contributed by atoms with Gasteiger partial charge in [0.1, 0.15) is 5.56 Å². The standard InChI is InChI=1S/C10H12O5.K.H/c1-12-8-6-4-5-7(9(8)13-2)10(11)15-14-3;;/h4-6H,1-3H3;;. The number of para-hydroxylation sites is 1. The van der Waals surface area contributed by atoms with E-state index in [4.69, 9.17) is 9.47 Å². The molecule has 0 aromatic heterocycles. The summed E-state index contributed by atoms with van der Waals surface area (Å²) in [5, 5.41) is 0. The molecule has 1 aromatic rings. The van der Waals surface area contributed by atoms with Gasteiger partial charge in [0.25, 0.3) is 0 Å². The Bertz CT molecular complexity index is 353. The van der Waals surface area contributed by atoms with Crippen molar-refractivity contribution < 1.29 is 24.0 Å². The van der Waals surface area contributed by atoms with Gasteiger partial charge in [0.05, 0.1) is 21.3 Å². The van der Waals surface area contributed by atoms with Crippen LogP contribution in [0.1, 0.15) is 10.4 Å². The van der Waals surface area contributed by atoms with Crippen LogP contribution >= 0.6 is 0 Å². The fraction of sp³-hybridized carbons (Fsp3) is 0.300. The van der Waals surface area contributed by atoms with E-state index in [0.29, 0.717) is 11.5 Å². The van der Waals surface area contributed by atoms with Gasteiger partial charge in [-0.3, -0.25) is 4.89 Å². The van der Waals surface area contributed by atoms with Gasteiger partial charge < -0.3 is 9.47 Å². The van der Waals surface area contributed by atoms with E-state index in [1.165, 1.54) is 21.3 Å². The number of hydrogen-bond acceptors (Lipinski definition) is 5. The van der Waals surface area contributed by atoms with Crippen LogP contribution in [0.25, 0.3) is 0 Å². The molecule has 6 heteroatoms. The molecule has 0 aliphatic heterocycles. The number of benzene rings is 1. The molecule has 0 radical (unpaired) electrons. The molecule has 0 heterocycles. The molecule has 1 aromatic carbocycles. The van der Waals surface area contributed by atoms with Crippen LogP contribution in [0, 0.1) is 0 Å². The molecule has 0 unspecified atom stereocenters. The molecule has 0 saturated heterocycles. The van der Waals surface area contributed by atoms with Gasteiger partial charge in [-0.2, -0.15) is 4.89 Å². The number of hydrogen-bond donors (Lipinski definition) is 0. The molecule has 5 nitrogen and oxygen atoms in total. The summed E-state index contributed by atoms with van der Waals surface area (Å²) >= 11 is 0. The zero-order valence-corrected chi connectivity index (χ0v) is 8.77. The summed E-state index contributed by atoms with van der Waals surface area (Å²) in [7, 11) is 4.19. The summed E-state index contributed by atoms with van der Waals surface area (Å²) in [5.41, 5.74) is 0.249. The van der Waals surface area contributed by atoms with Gasteiger partial charge in [-0.1, -0.05) is 6.07 Å². The quantitative estimate of drug-likeness (QED) is 0.450. The molecule has 0 fully saturated rings. The average molecular weight is 252 g/mol. The topological polar surface area (TPSA) is 54.0 Å². The van der Waals surface area contributed by atoms with Gasteiger partial charge in [-0.25, -0.2) is 4.79 Å². The van der Waals surface area contributed by atoms with Crippen molar-refractivity contribution in [2.75, 3.05) is 21.3 Å². The summed E-state index contributed by atoms with van der Waals surface area (Å²) in [4.78, 5) is 20.1. The Kier molecular flexibility index (Phi) is 7.99. The van der Waals surface area contributed by atoms with E-state index >= 15 is 0 Å². The van der Waals surface area contributed by atoms with Gasteiger partial charge in [0.2, 0.25) is 0 Å². The second-order valence-electron chi connectivity index (χ2n) is 2.58. The van der Waals surface area contributed by atoms with E-state index in [2.05, 4.69) is 9.78 Å². The molecule has 0 aliphatic rings. The maximum absolute atomic E-state index is 11.4. The second-order valence-corrected chi connectivity index (χ2v) is 2.58. The Morgan fingerprint density at radius 3 is 2.31 bits per heavy atom. The molecular formula is C10H13KO5. The van der Waals surface area contributed by atoms with E-state index in [-0.39, 0.29) is 56.9 Å². The zero-order chi connectivity index (χ0) is 11.3. The van der Waals surface area contributed by atoms with Crippen LogP contribution in [-0.4, -0.2) is 78.7 Å². The predicted octanol–water partition coefficient (Wildman–Crippen LogP) is 0.773. The Balaban J connectivity index is 0.00000225. The summed E-state index contributed by atoms with van der Waals surface area (Å²) < 4.78 is 10.1. The van der Waals surface area contributed by atoms with Crippen molar-refractivity contribution in [3.8, 4) is 11.5 Å². The molecule has 0 bridgehead atoms. The van der Waals surface area contributed by atoms with Crippen molar-refractivity contribution in [3.63, 3.8) is 0 Å². The van der Waals surface area contributed by atoms with E-state index in [0.717, 1.165) is 0 Å². The number of carbonyl (C=O) groups excluding carboxylic acids is 1. The van der Waals surface area contributed by atoms with Crippen molar-refractivity contribution >= 4 is 57.4 Å². The number of ether oxygens (including phenoxy) is 2. The first-order valence-electron chi connectivity index (χ1n) is 4.20. The Morgan fingerprint density at radius 1 is 1.12 bits per heavy atom. The van der Waals surface area contributed by atoms with Gasteiger partial charge in [0, 0.05) is 0 Å². The molecule has 0 N–H and O–H groups in total. The van der Waals surface area contributed by atoms with Crippen LogP contribution in [0.3, 0.4) is 0 Å². The zero-order valence-electron chi connectivity index (χ0n) is 8.77. The van der Waals surface area contributed by atoms with Crippen LogP contribution in [0.4, 0.5) is 0 Å². The average Bonchev–Trinajstić information content (AvgIpc) is 2.28. The number of rotatable bonds is 4. The molecule has 0 atom stereocenters. The number of carbonyl (C=O) groups is 1. The second kappa shape index (κ2) is 8.05. The molecule has 16 heavy (non-hydrogen) atoms. The normalized spacial score (nSPS) is 8.94. The minimum absolute atomic E-state index is 0. The number of methoxy groups -OCH3 is 2. The van der Waals surface area contributed by atoms with Gasteiger partial charge in [-0.15, -0.1) is 0 Å². The van der Waals surface area contributed by atoms with Gasteiger partial charge in [0.15, 0.2) is 11.5 Å². The van der Waals surface area contributed by atoms with Crippen molar-refractivity contribution in [1.82, 2.24) is 0 Å². The third kappa shape index (κ3) is 3.72. The van der Waals surface area contributed by atoms with Crippen LogP contribution in [-0.2, 0) is 9.78 Å². The Labute approximate surface area is 136 Å². The Morgan fingerprint density at radius 2 is 1.81 bits per heavy atom. The van der Waals surface area contributed by atoms with E-state index in [1.807, 2.05) is 0 Å². The third-order valence-electron chi connectivity index (χ3n) is 1.78. The molecule has 0 aliphatic carbocycles. The molecule has 1 rings (SSSR count). The molecule has 0 amide bonds. The summed E-state index contributed by atoms with van der Waals surface area (Å²) in [6.45, 7) is 0. The van der Waals surface area contributed by atoms with Crippen molar-refractivity contribution in [2.45, 2.75) is 0 Å². The fourth-order valence-corrected chi connectivity index (χ4v) is 1.17. The van der Waals surface area contributed by atoms with E-state index in [9.17, 15) is 4.79 Å². The van der Waals surface area contributed by atoms with E-state index in [1.54, 1.807) is 18.2 Å². The van der Waals surface area contributed by atoms with Crippen LogP contribution in [0.15, 0.2) is 18.2 Å². The molecular weight excluding hydrogens is 239 g/mol.